The van der Waals surface area contributed by atoms with E-state index in [-0.39, 0.29) is 24.4 Å². The van der Waals surface area contributed by atoms with Gasteiger partial charge in [0.05, 0.1) is 20.8 Å². The van der Waals surface area contributed by atoms with Crippen molar-refractivity contribution in [2.24, 2.45) is 5.92 Å². The molecular weight excluding hydrogens is 310 g/mol. The minimum Gasteiger partial charge on any atom is -0.497 e. The molecule has 134 valence electrons. The molecule has 0 aromatic heterocycles. The Morgan fingerprint density at radius 1 is 1.00 bits per heavy atom. The summed E-state index contributed by atoms with van der Waals surface area (Å²) in [5.74, 6) is 0.594. The Morgan fingerprint density at radius 2 is 1.54 bits per heavy atom. The molecule has 0 atom stereocenters. The Hall–Kier alpha value is -2.24. The van der Waals surface area contributed by atoms with Gasteiger partial charge in [-0.25, -0.2) is 0 Å². The summed E-state index contributed by atoms with van der Waals surface area (Å²) in [5, 5.41) is 0. The lowest BCUT2D eigenvalue weighted by Crippen LogP contribution is -2.41. The first-order chi connectivity index (χ1) is 11.3. The Labute approximate surface area is 143 Å². The first kappa shape index (κ1) is 19.8. The van der Waals surface area contributed by atoms with Crippen LogP contribution in [0.25, 0.3) is 0 Å². The van der Waals surface area contributed by atoms with Gasteiger partial charge in [0, 0.05) is 17.7 Å². The second kappa shape index (κ2) is 9.15. The minimum atomic E-state index is -0.416. The Morgan fingerprint density at radius 3 is 1.96 bits per heavy atom. The predicted octanol–water partition coefficient (Wildman–Crippen LogP) is 2.75. The summed E-state index contributed by atoms with van der Waals surface area (Å²) in [6.07, 6.45) is 0. The van der Waals surface area contributed by atoms with Gasteiger partial charge in [0.1, 0.15) is 18.0 Å². The summed E-state index contributed by atoms with van der Waals surface area (Å²) in [6.45, 7) is 7.87. The van der Waals surface area contributed by atoms with Gasteiger partial charge in [-0.3, -0.25) is 9.59 Å². The molecule has 0 saturated carbocycles. The Kier molecular flexibility index (Phi) is 7.55. The largest absolute Gasteiger partial charge is 0.497 e. The van der Waals surface area contributed by atoms with Gasteiger partial charge < -0.3 is 19.1 Å². The van der Waals surface area contributed by atoms with Gasteiger partial charge in [-0.2, -0.15) is 0 Å². The number of methoxy groups -OCH3 is 2. The van der Waals surface area contributed by atoms with Gasteiger partial charge in [-0.05, 0) is 31.9 Å². The molecule has 1 rings (SSSR count). The molecule has 0 saturated heterocycles. The summed E-state index contributed by atoms with van der Waals surface area (Å²) in [7, 11) is 3.04. The van der Waals surface area contributed by atoms with Crippen LogP contribution in [0.2, 0.25) is 0 Å². The summed E-state index contributed by atoms with van der Waals surface area (Å²) < 4.78 is 15.6. The molecule has 1 aromatic rings. The lowest BCUT2D eigenvalue weighted by atomic mass is 10.1. The molecule has 0 radical (unpaired) electrons. The van der Waals surface area contributed by atoms with E-state index >= 15 is 0 Å². The second-order valence-corrected chi connectivity index (χ2v) is 6.21. The predicted molar refractivity (Wildman–Crippen MR) is 91.5 cm³/mol. The molecule has 1 amide bonds. The average Bonchev–Trinajstić information content (AvgIpc) is 2.56. The van der Waals surface area contributed by atoms with Gasteiger partial charge in [-0.15, -0.1) is 0 Å². The van der Waals surface area contributed by atoms with Crippen LogP contribution < -0.4 is 9.47 Å². The van der Waals surface area contributed by atoms with E-state index in [9.17, 15) is 9.59 Å². The zero-order valence-corrected chi connectivity index (χ0v) is 15.3. The quantitative estimate of drug-likeness (QED) is 0.683. The summed E-state index contributed by atoms with van der Waals surface area (Å²) in [5.41, 5.74) is 0.400. The van der Waals surface area contributed by atoms with Crippen molar-refractivity contribution >= 4 is 11.9 Å². The van der Waals surface area contributed by atoms with Crippen molar-refractivity contribution in [3.8, 4) is 11.5 Å². The maximum absolute atomic E-state index is 12.8. The SMILES string of the molecule is COc1cc(OC)cc(C(=O)N(CC(=O)OCC(C)C)C(C)C)c1. The number of nitrogens with zero attached hydrogens (tertiary/aromatic N) is 1. The van der Waals surface area contributed by atoms with E-state index in [0.717, 1.165) is 0 Å². The fourth-order valence-electron chi connectivity index (χ4n) is 2.03. The average molecular weight is 337 g/mol. The third-order valence-corrected chi connectivity index (χ3v) is 3.36. The van der Waals surface area contributed by atoms with Crippen molar-refractivity contribution in [3.05, 3.63) is 23.8 Å². The first-order valence-electron chi connectivity index (χ1n) is 7.98. The zero-order chi connectivity index (χ0) is 18.3. The Bertz CT molecular complexity index is 546. The normalized spacial score (nSPS) is 10.7. The molecule has 0 fully saturated rings. The standard InChI is InChI=1S/C18H27NO5/c1-12(2)11-24-17(20)10-19(13(3)4)18(21)14-7-15(22-5)9-16(8-14)23-6/h7-9,12-13H,10-11H2,1-6H3. The number of hydrogen-bond donors (Lipinski definition) is 0. The van der Waals surface area contributed by atoms with Gasteiger partial charge >= 0.3 is 5.97 Å². The van der Waals surface area contributed by atoms with Crippen molar-refractivity contribution < 1.29 is 23.8 Å². The minimum absolute atomic E-state index is 0.0945. The molecule has 0 aliphatic heterocycles. The van der Waals surface area contributed by atoms with E-state index in [1.807, 2.05) is 27.7 Å². The molecule has 0 heterocycles. The molecule has 0 bridgehead atoms. The van der Waals surface area contributed by atoms with Crippen LogP contribution in [-0.2, 0) is 9.53 Å². The Balaban J connectivity index is 2.96. The molecule has 24 heavy (non-hydrogen) atoms. The van der Waals surface area contributed by atoms with Crippen molar-refractivity contribution in [2.45, 2.75) is 33.7 Å². The fourth-order valence-corrected chi connectivity index (χ4v) is 2.03. The van der Waals surface area contributed by atoms with Gasteiger partial charge in [0.15, 0.2) is 0 Å². The molecule has 0 N–H and O–H groups in total. The van der Waals surface area contributed by atoms with Crippen LogP contribution in [0.1, 0.15) is 38.1 Å². The highest BCUT2D eigenvalue weighted by Gasteiger charge is 2.23. The number of carbonyl (C=O) groups excluding carboxylic acids is 2. The van der Waals surface area contributed by atoms with E-state index in [1.165, 1.54) is 19.1 Å². The highest BCUT2D eigenvalue weighted by atomic mass is 16.5. The van der Waals surface area contributed by atoms with Gasteiger partial charge in [0.25, 0.3) is 5.91 Å². The van der Waals surface area contributed by atoms with Crippen molar-refractivity contribution in [1.82, 2.24) is 4.90 Å². The van der Waals surface area contributed by atoms with E-state index in [1.54, 1.807) is 18.2 Å². The molecule has 0 unspecified atom stereocenters. The zero-order valence-electron chi connectivity index (χ0n) is 15.3. The summed E-state index contributed by atoms with van der Waals surface area (Å²) >= 11 is 0. The highest BCUT2D eigenvalue weighted by molar-refractivity contribution is 5.97. The van der Waals surface area contributed by atoms with Crippen LogP contribution in [0.5, 0.6) is 11.5 Å². The van der Waals surface area contributed by atoms with E-state index in [2.05, 4.69) is 0 Å². The van der Waals surface area contributed by atoms with Gasteiger partial charge in [-0.1, -0.05) is 13.8 Å². The second-order valence-electron chi connectivity index (χ2n) is 6.21. The molecule has 0 aliphatic carbocycles. The van der Waals surface area contributed by atoms with Crippen molar-refractivity contribution in [3.63, 3.8) is 0 Å². The van der Waals surface area contributed by atoms with Crippen LogP contribution in [0, 0.1) is 5.92 Å². The topological polar surface area (TPSA) is 65.1 Å². The number of amides is 1. The lowest BCUT2D eigenvalue weighted by Gasteiger charge is -2.26. The third kappa shape index (κ3) is 5.76. The highest BCUT2D eigenvalue weighted by Crippen LogP contribution is 2.24. The lowest BCUT2D eigenvalue weighted by molar-refractivity contribution is -0.145. The molecule has 0 aliphatic rings. The molecule has 1 aromatic carbocycles. The van der Waals surface area contributed by atoms with Crippen LogP contribution in [-0.4, -0.2) is 50.2 Å². The van der Waals surface area contributed by atoms with Crippen LogP contribution in [0.4, 0.5) is 0 Å². The van der Waals surface area contributed by atoms with E-state index in [0.29, 0.717) is 23.7 Å². The first-order valence-corrected chi connectivity index (χ1v) is 7.98. The van der Waals surface area contributed by atoms with Crippen LogP contribution in [0.15, 0.2) is 18.2 Å². The van der Waals surface area contributed by atoms with E-state index < -0.39 is 5.97 Å². The molecule has 6 heteroatoms. The van der Waals surface area contributed by atoms with Crippen molar-refractivity contribution in [2.75, 3.05) is 27.4 Å². The third-order valence-electron chi connectivity index (χ3n) is 3.36. The molecule has 6 nitrogen and oxygen atoms in total. The summed E-state index contributed by atoms with van der Waals surface area (Å²) in [4.78, 5) is 26.3. The number of benzene rings is 1. The smallest absolute Gasteiger partial charge is 0.325 e. The van der Waals surface area contributed by atoms with Gasteiger partial charge in [0.2, 0.25) is 0 Å². The molecule has 0 spiro atoms. The number of rotatable bonds is 8. The number of hydrogen-bond acceptors (Lipinski definition) is 5. The maximum Gasteiger partial charge on any atom is 0.325 e. The number of carbonyl (C=O) groups is 2. The van der Waals surface area contributed by atoms with Crippen molar-refractivity contribution in [1.29, 1.82) is 0 Å². The molecular formula is C18H27NO5. The monoisotopic (exact) mass is 337 g/mol. The summed E-state index contributed by atoms with van der Waals surface area (Å²) in [6, 6.07) is 4.79. The van der Waals surface area contributed by atoms with E-state index in [4.69, 9.17) is 14.2 Å². The maximum atomic E-state index is 12.8. The fraction of sp³-hybridized carbons (Fsp3) is 0.556. The van der Waals surface area contributed by atoms with Crippen LogP contribution in [0.3, 0.4) is 0 Å². The number of ether oxygens (including phenoxy) is 3. The number of esters is 1. The van der Waals surface area contributed by atoms with Crippen LogP contribution >= 0.6 is 0 Å².